The van der Waals surface area contributed by atoms with Gasteiger partial charge < -0.3 is 9.13 Å². The highest BCUT2D eigenvalue weighted by Crippen LogP contribution is 2.42. The fraction of sp³-hybridized carbons (Fsp3) is 0. The molecule has 0 unspecified atom stereocenters. The highest BCUT2D eigenvalue weighted by atomic mass is 15.0. The molecule has 12 rings (SSSR count). The Morgan fingerprint density at radius 2 is 0.721 bits per heavy atom. The number of hydrogen-bond donors (Lipinski definition) is 0. The van der Waals surface area contributed by atoms with E-state index in [0.717, 1.165) is 88.2 Å². The third-order valence-corrected chi connectivity index (χ3v) is 12.9. The molecule has 0 aliphatic carbocycles. The second-order valence-electron chi connectivity index (χ2n) is 16.7. The van der Waals surface area contributed by atoms with E-state index in [-0.39, 0.29) is 0 Å². The second kappa shape index (κ2) is 16.3. The molecule has 0 N–H and O–H groups in total. The Balaban J connectivity index is 1.17. The molecule has 0 bridgehead atoms. The van der Waals surface area contributed by atoms with Crippen molar-refractivity contribution < 1.29 is 0 Å². The highest BCUT2D eigenvalue weighted by Gasteiger charge is 2.24. The van der Waals surface area contributed by atoms with Crippen molar-refractivity contribution in [2.75, 3.05) is 0 Å². The van der Waals surface area contributed by atoms with Crippen molar-refractivity contribution in [3.05, 3.63) is 229 Å². The normalized spacial score (nSPS) is 11.2. The molecule has 0 spiro atoms. The van der Waals surface area contributed by atoms with E-state index >= 15 is 0 Å². The molecule has 0 atom stereocenters. The number of benzene rings is 9. The van der Waals surface area contributed by atoms with Crippen molar-refractivity contribution in [3.63, 3.8) is 0 Å². The third-order valence-electron chi connectivity index (χ3n) is 12.9. The number of para-hydroxylation sites is 2. The molecule has 68 heavy (non-hydrogen) atoms. The zero-order valence-electron chi connectivity index (χ0n) is 36.3. The molecule has 0 saturated heterocycles. The zero-order chi connectivity index (χ0) is 45.7. The fourth-order valence-corrected chi connectivity index (χ4v) is 9.59. The van der Waals surface area contributed by atoms with Crippen LogP contribution in [0.15, 0.2) is 212 Å². The third kappa shape index (κ3) is 6.65. The SMILES string of the molecule is N#Cc1ccc(-c2ccc3c(c2)c2ccccc2n3-c2cc(-c3cc(-c4ccccc4)nc(-c4ccccc4)n3)cc(-n3c4ccccc4c4cc(-c5ccc(C#N)cc5)ccc43)c2C#N)cc1. The maximum absolute atomic E-state index is 11.7. The van der Waals surface area contributed by atoms with E-state index in [0.29, 0.717) is 39.6 Å². The molecule has 0 saturated carbocycles. The van der Waals surface area contributed by atoms with E-state index in [2.05, 4.69) is 124 Å². The fourth-order valence-electron chi connectivity index (χ4n) is 9.59. The minimum Gasteiger partial charge on any atom is -0.308 e. The van der Waals surface area contributed by atoms with Crippen LogP contribution in [0.5, 0.6) is 0 Å². The second-order valence-corrected chi connectivity index (χ2v) is 16.7. The maximum Gasteiger partial charge on any atom is 0.160 e. The molecule has 12 aromatic rings. The summed E-state index contributed by atoms with van der Waals surface area (Å²) < 4.78 is 4.43. The van der Waals surface area contributed by atoms with Gasteiger partial charge in [0.25, 0.3) is 0 Å². The van der Waals surface area contributed by atoms with Crippen LogP contribution in [0.25, 0.3) is 111 Å². The summed E-state index contributed by atoms with van der Waals surface area (Å²) in [6.07, 6.45) is 0. The van der Waals surface area contributed by atoms with Crippen molar-refractivity contribution in [2.24, 2.45) is 0 Å². The van der Waals surface area contributed by atoms with Crippen LogP contribution in [0.3, 0.4) is 0 Å². The number of aromatic nitrogens is 4. The van der Waals surface area contributed by atoms with E-state index in [9.17, 15) is 15.8 Å². The minimum atomic E-state index is 0.493. The average Bonchev–Trinajstić information content (AvgIpc) is 3.93. The van der Waals surface area contributed by atoms with Gasteiger partial charge in [-0.25, -0.2) is 9.97 Å². The molecular weight excluding hydrogens is 831 g/mol. The first kappa shape index (κ1) is 39.7. The van der Waals surface area contributed by atoms with E-state index < -0.39 is 0 Å². The molecule has 0 fully saturated rings. The van der Waals surface area contributed by atoms with Crippen LogP contribution in [-0.4, -0.2) is 19.1 Å². The van der Waals surface area contributed by atoms with E-state index in [1.54, 1.807) is 0 Å². The van der Waals surface area contributed by atoms with Gasteiger partial charge in [-0.05, 0) is 101 Å². The molecule has 314 valence electrons. The van der Waals surface area contributed by atoms with Gasteiger partial charge >= 0.3 is 0 Å². The Bertz CT molecular complexity index is 3830. The standard InChI is InChI=1S/C61H35N7/c62-36-39-19-23-41(24-20-39)45-27-29-57-50(31-45)48-15-7-9-17-55(48)67(57)59-33-47(54-35-53(43-11-3-1-4-12-43)65-61(66-54)44-13-5-2-6-14-44)34-60(52(59)38-64)68-56-18-10-8-16-49(56)51-32-46(28-30-58(51)68)42-25-21-40(37-63)22-26-42/h1-35H. The van der Waals surface area contributed by atoms with Crippen molar-refractivity contribution in [3.8, 4) is 85.7 Å². The van der Waals surface area contributed by atoms with E-state index in [4.69, 9.17) is 9.97 Å². The van der Waals surface area contributed by atoms with Gasteiger partial charge in [-0.1, -0.05) is 133 Å². The molecule has 3 heterocycles. The summed E-state index contributed by atoms with van der Waals surface area (Å²) in [6, 6.07) is 78.5. The minimum absolute atomic E-state index is 0.493. The lowest BCUT2D eigenvalue weighted by atomic mass is 10.0. The lowest BCUT2D eigenvalue weighted by Gasteiger charge is -2.19. The lowest BCUT2D eigenvalue weighted by molar-refractivity contribution is 1.11. The monoisotopic (exact) mass is 865 g/mol. The molecule has 0 amide bonds. The molecule has 0 aliphatic heterocycles. The van der Waals surface area contributed by atoms with Crippen molar-refractivity contribution >= 4 is 43.6 Å². The molecular formula is C61H35N7. The van der Waals surface area contributed by atoms with Crippen LogP contribution in [0.4, 0.5) is 0 Å². The Hall–Kier alpha value is -9.87. The summed E-state index contributed by atoms with van der Waals surface area (Å²) in [6.45, 7) is 0. The Kier molecular flexibility index (Phi) is 9.51. The molecule has 0 radical (unpaired) electrons. The van der Waals surface area contributed by atoms with Crippen molar-refractivity contribution in [2.45, 2.75) is 0 Å². The molecule has 0 aliphatic rings. The van der Waals surface area contributed by atoms with Gasteiger partial charge in [0.05, 0.1) is 68.1 Å². The first-order valence-electron chi connectivity index (χ1n) is 22.2. The Morgan fingerprint density at radius 3 is 1.19 bits per heavy atom. The van der Waals surface area contributed by atoms with Crippen LogP contribution < -0.4 is 0 Å². The summed E-state index contributed by atoms with van der Waals surface area (Å²) in [4.78, 5) is 10.4. The maximum atomic E-state index is 11.7. The van der Waals surface area contributed by atoms with Gasteiger partial charge in [0.1, 0.15) is 11.6 Å². The number of hydrogen-bond acceptors (Lipinski definition) is 5. The van der Waals surface area contributed by atoms with Crippen LogP contribution in [-0.2, 0) is 0 Å². The Labute approximate surface area is 391 Å². The van der Waals surface area contributed by atoms with Gasteiger partial charge in [-0.15, -0.1) is 0 Å². The summed E-state index contributed by atoms with van der Waals surface area (Å²) in [7, 11) is 0. The first-order chi connectivity index (χ1) is 33.6. The van der Waals surface area contributed by atoms with Crippen LogP contribution in [0.2, 0.25) is 0 Å². The van der Waals surface area contributed by atoms with Gasteiger partial charge in [-0.3, -0.25) is 0 Å². The number of rotatable bonds is 7. The van der Waals surface area contributed by atoms with E-state index in [1.165, 1.54) is 0 Å². The molecule has 3 aromatic heterocycles. The van der Waals surface area contributed by atoms with E-state index in [1.807, 2.05) is 115 Å². The van der Waals surface area contributed by atoms with Crippen molar-refractivity contribution in [1.29, 1.82) is 15.8 Å². The van der Waals surface area contributed by atoms with Crippen LogP contribution in [0, 0.1) is 34.0 Å². The lowest BCUT2D eigenvalue weighted by Crippen LogP contribution is -2.06. The summed E-state index contributed by atoms with van der Waals surface area (Å²) in [5.74, 6) is 0.591. The van der Waals surface area contributed by atoms with Crippen molar-refractivity contribution in [1.82, 2.24) is 19.1 Å². The topological polar surface area (TPSA) is 107 Å². The van der Waals surface area contributed by atoms with Crippen LogP contribution in [0.1, 0.15) is 16.7 Å². The molecule has 9 aromatic carbocycles. The average molecular weight is 866 g/mol. The molecule has 7 heteroatoms. The van der Waals surface area contributed by atoms with Gasteiger partial charge in [-0.2, -0.15) is 15.8 Å². The summed E-state index contributed by atoms with van der Waals surface area (Å²) >= 11 is 0. The van der Waals surface area contributed by atoms with Crippen LogP contribution >= 0.6 is 0 Å². The summed E-state index contributed by atoms with van der Waals surface area (Å²) in [5.41, 5.74) is 15.1. The zero-order valence-corrected chi connectivity index (χ0v) is 36.3. The highest BCUT2D eigenvalue weighted by molar-refractivity contribution is 6.12. The first-order valence-corrected chi connectivity index (χ1v) is 22.2. The largest absolute Gasteiger partial charge is 0.308 e. The van der Waals surface area contributed by atoms with Gasteiger partial charge in [0.15, 0.2) is 5.82 Å². The predicted molar refractivity (Wildman–Crippen MR) is 272 cm³/mol. The Morgan fingerprint density at radius 1 is 0.309 bits per heavy atom. The smallest absolute Gasteiger partial charge is 0.160 e. The summed E-state index contributed by atoms with van der Waals surface area (Å²) in [5, 5.41) is 34.8. The van der Waals surface area contributed by atoms with Gasteiger partial charge in [0.2, 0.25) is 0 Å². The van der Waals surface area contributed by atoms with Gasteiger partial charge in [0, 0.05) is 38.2 Å². The number of nitrogens with zero attached hydrogens (tertiary/aromatic N) is 7. The predicted octanol–water partition coefficient (Wildman–Crippen LogP) is 14.6. The number of nitriles is 3. The molecule has 7 nitrogen and oxygen atoms in total. The number of fused-ring (bicyclic) bond motifs is 6. The quantitative estimate of drug-likeness (QED) is 0.159.